The Labute approximate surface area is 158 Å². The summed E-state index contributed by atoms with van der Waals surface area (Å²) in [5.74, 6) is 0.179. The Morgan fingerprint density at radius 2 is 2.07 bits per heavy atom. The number of carboxylic acids is 1. The van der Waals surface area contributed by atoms with E-state index < -0.39 is 11.4 Å². The van der Waals surface area contributed by atoms with Gasteiger partial charge in [-0.3, -0.25) is 9.78 Å². The molecule has 0 unspecified atom stereocenters. The zero-order valence-electron chi connectivity index (χ0n) is 15.9. The molecule has 0 aromatic carbocycles. The number of carbonyl (C=O) groups is 1. The van der Waals surface area contributed by atoms with Gasteiger partial charge in [0.05, 0.1) is 30.9 Å². The average molecular weight is 371 g/mol. The number of nitrogens with one attached hydrogen (secondary N) is 1. The van der Waals surface area contributed by atoms with E-state index >= 15 is 0 Å². The predicted octanol–water partition coefficient (Wildman–Crippen LogP) is 1.99. The van der Waals surface area contributed by atoms with E-state index in [0.29, 0.717) is 50.2 Å². The molecule has 0 saturated carbocycles. The van der Waals surface area contributed by atoms with Crippen molar-refractivity contribution in [2.75, 3.05) is 36.5 Å². The van der Waals surface area contributed by atoms with Gasteiger partial charge in [0.15, 0.2) is 0 Å². The lowest BCUT2D eigenvalue weighted by Crippen LogP contribution is -2.40. The maximum atomic E-state index is 11.8. The van der Waals surface area contributed by atoms with Crippen LogP contribution in [0, 0.1) is 6.92 Å². The molecule has 144 valence electrons. The van der Waals surface area contributed by atoms with Crippen molar-refractivity contribution in [1.82, 2.24) is 15.0 Å². The van der Waals surface area contributed by atoms with Crippen LogP contribution in [0.2, 0.25) is 0 Å². The summed E-state index contributed by atoms with van der Waals surface area (Å²) in [5, 5.41) is 12.8. The maximum Gasteiger partial charge on any atom is 0.313 e. The third-order valence-corrected chi connectivity index (χ3v) is 4.82. The Hall–Kier alpha value is -2.74. The van der Waals surface area contributed by atoms with Gasteiger partial charge in [-0.15, -0.1) is 0 Å². The number of carboxylic acid groups (broad SMARTS) is 1. The second-order valence-electron chi connectivity index (χ2n) is 7.08. The van der Waals surface area contributed by atoms with Gasteiger partial charge in [0, 0.05) is 31.0 Å². The second-order valence-corrected chi connectivity index (χ2v) is 7.08. The number of morpholine rings is 1. The van der Waals surface area contributed by atoms with Crippen LogP contribution < -0.4 is 10.2 Å². The van der Waals surface area contributed by atoms with Crippen LogP contribution in [-0.2, 0) is 21.5 Å². The number of hydrogen-bond acceptors (Lipinski definition) is 7. The summed E-state index contributed by atoms with van der Waals surface area (Å²) < 4.78 is 5.42. The Morgan fingerprint density at radius 1 is 1.33 bits per heavy atom. The van der Waals surface area contributed by atoms with E-state index in [2.05, 4.69) is 25.2 Å². The number of aryl methyl sites for hydroxylation is 1. The number of ether oxygens (including phenoxy) is 1. The highest BCUT2D eigenvalue weighted by Crippen LogP contribution is 2.32. The van der Waals surface area contributed by atoms with Gasteiger partial charge in [0.2, 0.25) is 5.95 Å². The van der Waals surface area contributed by atoms with E-state index in [9.17, 15) is 9.90 Å². The van der Waals surface area contributed by atoms with Crippen LogP contribution >= 0.6 is 0 Å². The quantitative estimate of drug-likeness (QED) is 0.795. The molecule has 1 aliphatic rings. The van der Waals surface area contributed by atoms with Crippen molar-refractivity contribution in [3.8, 4) is 0 Å². The van der Waals surface area contributed by atoms with Crippen LogP contribution in [0.4, 0.5) is 11.8 Å². The molecule has 0 spiro atoms. The van der Waals surface area contributed by atoms with Crippen molar-refractivity contribution in [3.63, 3.8) is 0 Å². The minimum atomic E-state index is -1.09. The van der Waals surface area contributed by atoms with Crippen molar-refractivity contribution < 1.29 is 14.6 Å². The molecule has 0 bridgehead atoms. The van der Waals surface area contributed by atoms with Crippen molar-refractivity contribution >= 4 is 17.7 Å². The third kappa shape index (κ3) is 4.16. The number of hydrogen-bond donors (Lipinski definition) is 2. The van der Waals surface area contributed by atoms with Gasteiger partial charge in [-0.25, -0.2) is 4.98 Å². The molecule has 27 heavy (non-hydrogen) atoms. The zero-order chi connectivity index (χ0) is 19.4. The average Bonchev–Trinajstić information content (AvgIpc) is 2.67. The normalized spacial score (nSPS) is 14.9. The minimum Gasteiger partial charge on any atom is -0.481 e. The second kappa shape index (κ2) is 7.87. The van der Waals surface area contributed by atoms with Crippen LogP contribution in [0.5, 0.6) is 0 Å². The highest BCUT2D eigenvalue weighted by molar-refractivity contribution is 5.82. The van der Waals surface area contributed by atoms with E-state index in [4.69, 9.17) is 4.74 Å². The molecular weight excluding hydrogens is 346 g/mol. The van der Waals surface area contributed by atoms with Gasteiger partial charge < -0.3 is 20.1 Å². The molecule has 2 N–H and O–H groups in total. The van der Waals surface area contributed by atoms with Crippen LogP contribution in [-0.4, -0.2) is 52.3 Å². The number of aromatic nitrogens is 3. The summed E-state index contributed by atoms with van der Waals surface area (Å²) in [4.78, 5) is 27.2. The standard InChI is InChI=1S/C19H25N5O3/c1-13-5-4-6-20-15(13)12-22-18-21-11-14(19(2,3)17(25)26)16(23-18)24-7-9-27-10-8-24/h4-6,11H,7-10,12H2,1-3H3,(H,25,26)(H,21,22,23). The van der Waals surface area contributed by atoms with E-state index in [1.807, 2.05) is 19.1 Å². The molecule has 2 aromatic rings. The van der Waals surface area contributed by atoms with Crippen molar-refractivity contribution in [2.45, 2.75) is 32.7 Å². The molecule has 0 aliphatic carbocycles. The van der Waals surface area contributed by atoms with E-state index in [1.54, 1.807) is 26.2 Å². The van der Waals surface area contributed by atoms with Crippen molar-refractivity contribution in [1.29, 1.82) is 0 Å². The first-order valence-electron chi connectivity index (χ1n) is 8.97. The summed E-state index contributed by atoms with van der Waals surface area (Å²) in [6.45, 7) is 8.35. The summed E-state index contributed by atoms with van der Waals surface area (Å²) in [6, 6.07) is 3.90. The Kier molecular flexibility index (Phi) is 5.55. The first-order valence-corrected chi connectivity index (χ1v) is 8.97. The Bertz CT molecular complexity index is 819. The topological polar surface area (TPSA) is 100 Å². The smallest absolute Gasteiger partial charge is 0.313 e. The molecule has 1 aliphatic heterocycles. The van der Waals surface area contributed by atoms with E-state index in [-0.39, 0.29) is 0 Å². The lowest BCUT2D eigenvalue weighted by molar-refractivity contribution is -0.142. The summed E-state index contributed by atoms with van der Waals surface area (Å²) in [5.41, 5.74) is 1.51. The van der Waals surface area contributed by atoms with Gasteiger partial charge >= 0.3 is 5.97 Å². The molecule has 3 heterocycles. The molecular formula is C19H25N5O3. The lowest BCUT2D eigenvalue weighted by Gasteiger charge is -2.32. The van der Waals surface area contributed by atoms with Gasteiger partial charge in [0.25, 0.3) is 0 Å². The number of anilines is 2. The van der Waals surface area contributed by atoms with Crippen molar-refractivity contribution in [2.24, 2.45) is 0 Å². The fraction of sp³-hybridized carbons (Fsp3) is 0.474. The lowest BCUT2D eigenvalue weighted by atomic mass is 9.85. The molecule has 8 heteroatoms. The molecule has 1 fully saturated rings. The van der Waals surface area contributed by atoms with Crippen molar-refractivity contribution in [3.05, 3.63) is 41.3 Å². The molecule has 8 nitrogen and oxygen atoms in total. The summed E-state index contributed by atoms with van der Waals surface area (Å²) >= 11 is 0. The number of nitrogens with zero attached hydrogens (tertiary/aromatic N) is 4. The van der Waals surface area contributed by atoms with E-state index in [1.165, 1.54) is 0 Å². The molecule has 1 saturated heterocycles. The minimum absolute atomic E-state index is 0.450. The Morgan fingerprint density at radius 3 is 2.74 bits per heavy atom. The SMILES string of the molecule is Cc1cccnc1CNc1ncc(C(C)(C)C(=O)O)c(N2CCOCC2)n1. The fourth-order valence-electron chi connectivity index (χ4n) is 2.90. The van der Waals surface area contributed by atoms with Gasteiger partial charge in [-0.05, 0) is 32.4 Å². The zero-order valence-corrected chi connectivity index (χ0v) is 15.9. The predicted molar refractivity (Wildman–Crippen MR) is 102 cm³/mol. The van der Waals surface area contributed by atoms with E-state index in [0.717, 1.165) is 11.3 Å². The number of rotatable bonds is 6. The third-order valence-electron chi connectivity index (χ3n) is 4.82. The monoisotopic (exact) mass is 371 g/mol. The van der Waals surface area contributed by atoms with Crippen LogP contribution in [0.3, 0.4) is 0 Å². The first kappa shape index (κ1) is 19.0. The van der Waals surface area contributed by atoms with Gasteiger partial charge in [0.1, 0.15) is 5.82 Å². The van der Waals surface area contributed by atoms with Gasteiger partial charge in [-0.2, -0.15) is 4.98 Å². The Balaban J connectivity index is 1.90. The largest absolute Gasteiger partial charge is 0.481 e. The number of aliphatic carboxylic acids is 1. The molecule has 0 amide bonds. The molecule has 0 radical (unpaired) electrons. The molecule has 0 atom stereocenters. The highest BCUT2D eigenvalue weighted by atomic mass is 16.5. The summed E-state index contributed by atoms with van der Waals surface area (Å²) in [7, 11) is 0. The van der Waals surface area contributed by atoms with Crippen LogP contribution in [0.1, 0.15) is 30.7 Å². The van der Waals surface area contributed by atoms with Gasteiger partial charge in [-0.1, -0.05) is 6.07 Å². The first-order chi connectivity index (χ1) is 12.9. The summed E-state index contributed by atoms with van der Waals surface area (Å²) in [6.07, 6.45) is 3.36. The number of pyridine rings is 1. The maximum absolute atomic E-state index is 11.8. The molecule has 3 rings (SSSR count). The van der Waals surface area contributed by atoms with Crippen LogP contribution in [0.15, 0.2) is 24.5 Å². The highest BCUT2D eigenvalue weighted by Gasteiger charge is 2.35. The molecule has 2 aromatic heterocycles. The fourth-order valence-corrected chi connectivity index (χ4v) is 2.90. The van der Waals surface area contributed by atoms with Crippen LogP contribution in [0.25, 0.3) is 0 Å².